The zero-order chi connectivity index (χ0) is 17.1. The number of esters is 1. The van der Waals surface area contributed by atoms with Crippen LogP contribution in [-0.2, 0) is 14.2 Å². The molecule has 0 unspecified atom stereocenters. The lowest BCUT2D eigenvalue weighted by Crippen LogP contribution is -2.29. The summed E-state index contributed by atoms with van der Waals surface area (Å²) >= 11 is 0. The normalized spacial score (nSPS) is 20.0. The molecule has 0 spiro atoms. The first-order chi connectivity index (χ1) is 11.5. The largest absolute Gasteiger partial charge is 0.457 e. The van der Waals surface area contributed by atoms with Crippen molar-refractivity contribution in [2.45, 2.75) is 12.5 Å². The van der Waals surface area contributed by atoms with Crippen LogP contribution in [0.15, 0.2) is 41.3 Å². The third-order valence-electron chi connectivity index (χ3n) is 3.34. The van der Waals surface area contributed by atoms with Gasteiger partial charge in [0.05, 0.1) is 12.2 Å². The van der Waals surface area contributed by atoms with Crippen LogP contribution in [0.4, 0.5) is 10.2 Å². The Hall–Kier alpha value is -2.78. The number of aromatic nitrogens is 2. The van der Waals surface area contributed by atoms with E-state index in [-0.39, 0.29) is 24.6 Å². The summed E-state index contributed by atoms with van der Waals surface area (Å²) in [5.41, 5.74) is 4.67. The molecular formula is C15H14FN3O5. The number of rotatable bonds is 4. The molecule has 2 N–H and O–H groups in total. The van der Waals surface area contributed by atoms with Gasteiger partial charge in [-0.1, -0.05) is 12.1 Å². The summed E-state index contributed by atoms with van der Waals surface area (Å²) in [5, 5.41) is 0. The summed E-state index contributed by atoms with van der Waals surface area (Å²) in [7, 11) is 0. The Kier molecular flexibility index (Phi) is 4.54. The molecule has 1 aliphatic rings. The van der Waals surface area contributed by atoms with Gasteiger partial charge in [0, 0.05) is 6.20 Å². The van der Waals surface area contributed by atoms with Gasteiger partial charge in [0.1, 0.15) is 18.2 Å². The van der Waals surface area contributed by atoms with Crippen molar-refractivity contribution < 1.29 is 23.4 Å². The second-order valence-electron chi connectivity index (χ2n) is 4.97. The van der Waals surface area contributed by atoms with E-state index in [2.05, 4.69) is 4.98 Å². The minimum absolute atomic E-state index is 0.0768. The van der Waals surface area contributed by atoms with Crippen LogP contribution in [0.2, 0.25) is 0 Å². The lowest BCUT2D eigenvalue weighted by atomic mass is 10.2. The average Bonchev–Trinajstić information content (AvgIpc) is 3.01. The maximum Gasteiger partial charge on any atom is 0.351 e. The standard InChI is InChI=1S/C15H14FN3O5/c16-10-4-2-1-3-9(10)14(20)23-8-13-22-7-12(24-13)19-6-5-11(17)18-15(19)21/h1-6,12-13H,7-8H2,(H2,17,18,21)/t12-,13-/m0/s1. The monoisotopic (exact) mass is 335 g/mol. The molecule has 0 bridgehead atoms. The van der Waals surface area contributed by atoms with E-state index in [0.29, 0.717) is 0 Å². The number of nitrogen functional groups attached to an aromatic ring is 1. The summed E-state index contributed by atoms with van der Waals surface area (Å²) in [5.74, 6) is -1.39. The summed E-state index contributed by atoms with van der Waals surface area (Å²) in [4.78, 5) is 27.1. The molecule has 9 heteroatoms. The van der Waals surface area contributed by atoms with Crippen molar-refractivity contribution >= 4 is 11.8 Å². The van der Waals surface area contributed by atoms with Gasteiger partial charge >= 0.3 is 11.7 Å². The van der Waals surface area contributed by atoms with E-state index < -0.39 is 30.0 Å². The summed E-state index contributed by atoms with van der Waals surface area (Å²) in [6.07, 6.45) is -0.134. The third-order valence-corrected chi connectivity index (χ3v) is 3.34. The zero-order valence-electron chi connectivity index (χ0n) is 12.4. The van der Waals surface area contributed by atoms with Crippen LogP contribution in [0.3, 0.4) is 0 Å². The minimum Gasteiger partial charge on any atom is -0.457 e. The maximum absolute atomic E-state index is 13.5. The van der Waals surface area contributed by atoms with Crippen LogP contribution in [-0.4, -0.2) is 35.0 Å². The molecule has 8 nitrogen and oxygen atoms in total. The molecule has 1 aromatic heterocycles. The minimum atomic E-state index is -0.866. The maximum atomic E-state index is 13.5. The van der Waals surface area contributed by atoms with Crippen molar-refractivity contribution in [2.75, 3.05) is 18.9 Å². The van der Waals surface area contributed by atoms with Crippen molar-refractivity contribution in [3.63, 3.8) is 0 Å². The highest BCUT2D eigenvalue weighted by Gasteiger charge is 2.29. The van der Waals surface area contributed by atoms with Crippen molar-refractivity contribution in [1.29, 1.82) is 0 Å². The number of nitrogens with two attached hydrogens (primary N) is 1. The molecule has 126 valence electrons. The molecule has 1 saturated heterocycles. The van der Waals surface area contributed by atoms with Crippen molar-refractivity contribution in [2.24, 2.45) is 0 Å². The van der Waals surface area contributed by atoms with Crippen molar-refractivity contribution in [3.8, 4) is 0 Å². The quantitative estimate of drug-likeness (QED) is 0.820. The topological polar surface area (TPSA) is 106 Å². The number of benzene rings is 1. The predicted octanol–water partition coefficient (Wildman–Crippen LogP) is 0.693. The predicted molar refractivity (Wildman–Crippen MR) is 79.5 cm³/mol. The zero-order valence-corrected chi connectivity index (χ0v) is 12.4. The number of carbonyl (C=O) groups excluding carboxylic acids is 1. The number of anilines is 1. The molecule has 0 amide bonds. The first-order valence-electron chi connectivity index (χ1n) is 7.08. The molecule has 1 aromatic carbocycles. The molecule has 2 heterocycles. The van der Waals surface area contributed by atoms with Crippen LogP contribution < -0.4 is 11.4 Å². The van der Waals surface area contributed by atoms with E-state index in [0.717, 1.165) is 6.07 Å². The smallest absolute Gasteiger partial charge is 0.351 e. The SMILES string of the molecule is Nc1ccn([C@@H]2CO[C@H](COC(=O)c3ccccc3F)O2)c(=O)n1. The molecule has 2 atom stereocenters. The van der Waals surface area contributed by atoms with E-state index in [1.54, 1.807) is 0 Å². The Labute approximate surface area is 135 Å². The van der Waals surface area contributed by atoms with Gasteiger partial charge in [-0.2, -0.15) is 4.98 Å². The first-order valence-corrected chi connectivity index (χ1v) is 7.08. The Morgan fingerprint density at radius 3 is 2.96 bits per heavy atom. The molecular weight excluding hydrogens is 321 g/mol. The molecule has 0 saturated carbocycles. The third kappa shape index (κ3) is 3.42. The Morgan fingerprint density at radius 2 is 2.21 bits per heavy atom. The molecule has 24 heavy (non-hydrogen) atoms. The number of carbonyl (C=O) groups is 1. The number of halogens is 1. The van der Waals surface area contributed by atoms with E-state index in [9.17, 15) is 14.0 Å². The van der Waals surface area contributed by atoms with Gasteiger partial charge in [-0.3, -0.25) is 4.57 Å². The van der Waals surface area contributed by atoms with E-state index in [1.807, 2.05) is 0 Å². The molecule has 0 aliphatic carbocycles. The number of nitrogens with zero attached hydrogens (tertiary/aromatic N) is 2. The van der Waals surface area contributed by atoms with Gasteiger partial charge < -0.3 is 19.9 Å². The fraction of sp³-hybridized carbons (Fsp3) is 0.267. The Balaban J connectivity index is 1.58. The first kappa shape index (κ1) is 16.1. The van der Waals surface area contributed by atoms with E-state index in [1.165, 1.54) is 35.0 Å². The van der Waals surface area contributed by atoms with Crippen molar-refractivity contribution in [1.82, 2.24) is 9.55 Å². The van der Waals surface area contributed by atoms with Gasteiger partial charge in [0.25, 0.3) is 0 Å². The molecule has 1 aliphatic heterocycles. The summed E-state index contributed by atoms with van der Waals surface area (Å²) in [6, 6.07) is 6.93. The number of hydrogen-bond donors (Lipinski definition) is 1. The van der Waals surface area contributed by atoms with E-state index >= 15 is 0 Å². The molecule has 3 rings (SSSR count). The van der Waals surface area contributed by atoms with Gasteiger partial charge in [0.2, 0.25) is 0 Å². The Morgan fingerprint density at radius 1 is 1.42 bits per heavy atom. The fourth-order valence-corrected chi connectivity index (χ4v) is 2.17. The highest BCUT2D eigenvalue weighted by molar-refractivity contribution is 5.89. The highest BCUT2D eigenvalue weighted by atomic mass is 19.1. The number of ether oxygens (including phenoxy) is 3. The van der Waals surface area contributed by atoms with Crippen LogP contribution >= 0.6 is 0 Å². The summed E-state index contributed by atoms with van der Waals surface area (Å²) < 4.78 is 30.5. The van der Waals surface area contributed by atoms with Gasteiger partial charge in [0.15, 0.2) is 12.5 Å². The fourth-order valence-electron chi connectivity index (χ4n) is 2.17. The number of hydrogen-bond acceptors (Lipinski definition) is 7. The average molecular weight is 335 g/mol. The van der Waals surface area contributed by atoms with Crippen LogP contribution in [0.1, 0.15) is 16.6 Å². The van der Waals surface area contributed by atoms with Crippen LogP contribution in [0.25, 0.3) is 0 Å². The lowest BCUT2D eigenvalue weighted by Gasteiger charge is -2.13. The highest BCUT2D eigenvalue weighted by Crippen LogP contribution is 2.20. The van der Waals surface area contributed by atoms with Gasteiger partial charge in [-0.15, -0.1) is 0 Å². The summed E-state index contributed by atoms with van der Waals surface area (Å²) in [6.45, 7) is -0.158. The lowest BCUT2D eigenvalue weighted by molar-refractivity contribution is -0.103. The molecule has 0 radical (unpaired) electrons. The van der Waals surface area contributed by atoms with Gasteiger partial charge in [-0.25, -0.2) is 14.0 Å². The van der Waals surface area contributed by atoms with E-state index in [4.69, 9.17) is 19.9 Å². The van der Waals surface area contributed by atoms with Crippen LogP contribution in [0, 0.1) is 5.82 Å². The second-order valence-corrected chi connectivity index (χ2v) is 4.97. The second kappa shape index (κ2) is 6.77. The van der Waals surface area contributed by atoms with Gasteiger partial charge in [-0.05, 0) is 18.2 Å². The van der Waals surface area contributed by atoms with Crippen molar-refractivity contribution in [3.05, 3.63) is 58.4 Å². The molecule has 2 aromatic rings. The van der Waals surface area contributed by atoms with Crippen LogP contribution in [0.5, 0.6) is 0 Å². The Bertz CT molecular complexity index is 810. The molecule has 1 fully saturated rings.